The average molecular weight is 389 g/mol. The van der Waals surface area contributed by atoms with Gasteiger partial charge in [-0.1, -0.05) is 0 Å². The molecule has 3 rings (SSSR count). The van der Waals surface area contributed by atoms with Crippen molar-refractivity contribution in [2.45, 2.75) is 52.7 Å². The number of piperidine rings is 1. The Morgan fingerprint density at radius 1 is 1.25 bits per heavy atom. The number of fused-ring (bicyclic) bond motifs is 1. The third-order valence-electron chi connectivity index (χ3n) is 5.53. The number of likely N-dealkylation sites (tertiary alicyclic amines) is 1. The quantitative estimate of drug-likeness (QED) is 0.556. The van der Waals surface area contributed by atoms with E-state index >= 15 is 0 Å². The second-order valence-electron chi connectivity index (χ2n) is 7.96. The molecular formula is C22H36N4O2. The van der Waals surface area contributed by atoms with Crippen molar-refractivity contribution >= 4 is 5.96 Å². The van der Waals surface area contributed by atoms with Crippen LogP contribution in [-0.2, 0) is 13.0 Å². The molecule has 0 saturated carbocycles. The summed E-state index contributed by atoms with van der Waals surface area (Å²) in [6, 6.07) is 4.24. The van der Waals surface area contributed by atoms with Gasteiger partial charge >= 0.3 is 0 Å². The van der Waals surface area contributed by atoms with E-state index in [1.165, 1.54) is 31.5 Å². The van der Waals surface area contributed by atoms with Gasteiger partial charge in [0.1, 0.15) is 17.6 Å². The van der Waals surface area contributed by atoms with Crippen LogP contribution < -0.4 is 20.1 Å². The van der Waals surface area contributed by atoms with Gasteiger partial charge < -0.3 is 25.0 Å². The summed E-state index contributed by atoms with van der Waals surface area (Å²) in [6.45, 7) is 11.6. The summed E-state index contributed by atoms with van der Waals surface area (Å²) in [4.78, 5) is 7.22. The number of nitrogens with one attached hydrogen (secondary N) is 2. The lowest BCUT2D eigenvalue weighted by atomic mass is 9.97. The first kappa shape index (κ1) is 20.8. The zero-order chi connectivity index (χ0) is 19.9. The number of benzene rings is 1. The predicted molar refractivity (Wildman–Crippen MR) is 114 cm³/mol. The average Bonchev–Trinajstić information content (AvgIpc) is 3.04. The van der Waals surface area contributed by atoms with Crippen LogP contribution in [0.25, 0.3) is 0 Å². The molecule has 0 amide bonds. The van der Waals surface area contributed by atoms with Gasteiger partial charge in [0.2, 0.25) is 0 Å². The van der Waals surface area contributed by atoms with E-state index in [4.69, 9.17) is 14.5 Å². The molecule has 1 aromatic rings. The Hall–Kier alpha value is -1.95. The van der Waals surface area contributed by atoms with Gasteiger partial charge in [-0.05, 0) is 71.8 Å². The van der Waals surface area contributed by atoms with E-state index in [0.29, 0.717) is 19.1 Å². The van der Waals surface area contributed by atoms with E-state index in [-0.39, 0.29) is 6.10 Å². The van der Waals surface area contributed by atoms with Gasteiger partial charge in [0.15, 0.2) is 5.96 Å². The number of rotatable bonds is 7. The van der Waals surface area contributed by atoms with Gasteiger partial charge in [-0.15, -0.1) is 0 Å². The van der Waals surface area contributed by atoms with E-state index in [2.05, 4.69) is 48.6 Å². The van der Waals surface area contributed by atoms with Crippen molar-refractivity contribution in [3.8, 4) is 11.5 Å². The summed E-state index contributed by atoms with van der Waals surface area (Å²) in [5.74, 6) is 3.49. The third kappa shape index (κ3) is 5.53. The molecule has 0 aromatic heterocycles. The molecule has 1 aromatic carbocycles. The first-order chi connectivity index (χ1) is 13.6. The Kier molecular flexibility index (Phi) is 7.43. The van der Waals surface area contributed by atoms with Crippen molar-refractivity contribution in [2.75, 3.05) is 39.8 Å². The molecule has 2 aliphatic heterocycles. The fourth-order valence-electron chi connectivity index (χ4n) is 3.91. The molecule has 156 valence electrons. The SMILES string of the molecule is CCNC(=NCc1cc2c(cc1OCC)CC(C)O2)NCC1CCN(C)CC1. The Bertz CT molecular complexity index is 669. The molecule has 2 heterocycles. The van der Waals surface area contributed by atoms with Crippen molar-refractivity contribution in [2.24, 2.45) is 10.9 Å². The molecule has 0 spiro atoms. The standard InChI is InChI=1S/C22H36N4O2/c1-5-23-22(24-14-17-7-9-26(4)10-8-17)25-15-19-13-21-18(11-16(3)28-21)12-20(19)27-6-2/h12-13,16-17H,5-11,14-15H2,1-4H3,(H2,23,24,25). The normalized spacial score (nSPS) is 20.6. The van der Waals surface area contributed by atoms with Gasteiger partial charge in [-0.25, -0.2) is 4.99 Å². The van der Waals surface area contributed by atoms with Gasteiger partial charge in [0.05, 0.1) is 13.2 Å². The lowest BCUT2D eigenvalue weighted by molar-refractivity contribution is 0.220. The van der Waals surface area contributed by atoms with Crippen molar-refractivity contribution in [3.05, 3.63) is 23.3 Å². The first-order valence-corrected chi connectivity index (χ1v) is 10.7. The van der Waals surface area contributed by atoms with Crippen LogP contribution in [0.1, 0.15) is 44.7 Å². The third-order valence-corrected chi connectivity index (χ3v) is 5.53. The van der Waals surface area contributed by atoms with Crippen LogP contribution >= 0.6 is 0 Å². The zero-order valence-electron chi connectivity index (χ0n) is 17.9. The van der Waals surface area contributed by atoms with Crippen molar-refractivity contribution in [1.82, 2.24) is 15.5 Å². The molecule has 1 atom stereocenters. The summed E-state index contributed by atoms with van der Waals surface area (Å²) in [5.41, 5.74) is 2.31. The highest BCUT2D eigenvalue weighted by Crippen LogP contribution is 2.35. The smallest absolute Gasteiger partial charge is 0.191 e. The number of hydrogen-bond acceptors (Lipinski definition) is 4. The predicted octanol–water partition coefficient (Wildman–Crippen LogP) is 2.81. The van der Waals surface area contributed by atoms with Gasteiger partial charge in [0, 0.05) is 30.6 Å². The molecule has 1 saturated heterocycles. The van der Waals surface area contributed by atoms with Gasteiger partial charge in [-0.3, -0.25) is 0 Å². The molecular weight excluding hydrogens is 352 g/mol. The minimum Gasteiger partial charge on any atom is -0.494 e. The Balaban J connectivity index is 1.65. The minimum atomic E-state index is 0.233. The molecule has 2 N–H and O–H groups in total. The summed E-state index contributed by atoms with van der Waals surface area (Å²) >= 11 is 0. The Labute approximate surface area is 169 Å². The monoisotopic (exact) mass is 388 g/mol. The van der Waals surface area contributed by atoms with E-state index in [1.54, 1.807) is 0 Å². The van der Waals surface area contributed by atoms with Gasteiger partial charge in [0.25, 0.3) is 0 Å². The summed E-state index contributed by atoms with van der Waals surface area (Å²) < 4.78 is 11.8. The number of ether oxygens (including phenoxy) is 2. The van der Waals surface area contributed by atoms with Crippen LogP contribution in [0.2, 0.25) is 0 Å². The first-order valence-electron chi connectivity index (χ1n) is 10.7. The fraction of sp³-hybridized carbons (Fsp3) is 0.682. The minimum absolute atomic E-state index is 0.233. The molecule has 1 unspecified atom stereocenters. The van der Waals surface area contributed by atoms with Crippen LogP contribution in [0, 0.1) is 5.92 Å². The maximum absolute atomic E-state index is 5.93. The highest BCUT2D eigenvalue weighted by atomic mass is 16.5. The number of hydrogen-bond donors (Lipinski definition) is 2. The van der Waals surface area contributed by atoms with E-state index in [1.807, 2.05) is 6.92 Å². The van der Waals surface area contributed by atoms with Crippen molar-refractivity contribution in [1.29, 1.82) is 0 Å². The molecule has 2 aliphatic rings. The molecule has 6 heteroatoms. The molecule has 0 bridgehead atoms. The number of aliphatic imine (C=N–C) groups is 1. The maximum Gasteiger partial charge on any atom is 0.191 e. The summed E-state index contributed by atoms with van der Waals surface area (Å²) in [6.07, 6.45) is 3.67. The number of nitrogens with zero attached hydrogens (tertiary/aromatic N) is 2. The van der Waals surface area contributed by atoms with Gasteiger partial charge in [-0.2, -0.15) is 0 Å². The Morgan fingerprint density at radius 2 is 2.04 bits per heavy atom. The van der Waals surface area contributed by atoms with Crippen LogP contribution in [0.3, 0.4) is 0 Å². The lowest BCUT2D eigenvalue weighted by Crippen LogP contribution is -2.42. The zero-order valence-corrected chi connectivity index (χ0v) is 17.9. The van der Waals surface area contributed by atoms with Crippen LogP contribution in [-0.4, -0.2) is 56.8 Å². The molecule has 0 aliphatic carbocycles. The molecule has 6 nitrogen and oxygen atoms in total. The highest BCUT2D eigenvalue weighted by molar-refractivity contribution is 5.79. The topological polar surface area (TPSA) is 58.1 Å². The molecule has 0 radical (unpaired) electrons. The van der Waals surface area contributed by atoms with Crippen LogP contribution in [0.4, 0.5) is 0 Å². The van der Waals surface area contributed by atoms with E-state index in [9.17, 15) is 0 Å². The van der Waals surface area contributed by atoms with E-state index < -0.39 is 0 Å². The largest absolute Gasteiger partial charge is 0.494 e. The van der Waals surface area contributed by atoms with Crippen molar-refractivity contribution < 1.29 is 9.47 Å². The van der Waals surface area contributed by atoms with Crippen molar-refractivity contribution in [3.63, 3.8) is 0 Å². The van der Waals surface area contributed by atoms with E-state index in [0.717, 1.165) is 42.5 Å². The number of guanidine groups is 1. The highest BCUT2D eigenvalue weighted by Gasteiger charge is 2.22. The second-order valence-corrected chi connectivity index (χ2v) is 7.96. The molecule has 28 heavy (non-hydrogen) atoms. The fourth-order valence-corrected chi connectivity index (χ4v) is 3.91. The maximum atomic E-state index is 5.93. The van der Waals surface area contributed by atoms with Crippen LogP contribution in [0.15, 0.2) is 17.1 Å². The molecule has 1 fully saturated rings. The van der Waals surface area contributed by atoms with Crippen LogP contribution in [0.5, 0.6) is 11.5 Å². The summed E-state index contributed by atoms with van der Waals surface area (Å²) in [5, 5.41) is 6.90. The lowest BCUT2D eigenvalue weighted by Gasteiger charge is -2.29. The Morgan fingerprint density at radius 3 is 2.75 bits per heavy atom. The summed E-state index contributed by atoms with van der Waals surface area (Å²) in [7, 11) is 2.20. The second kappa shape index (κ2) is 10.0.